The molecule has 1 atom stereocenters. The quantitative estimate of drug-likeness (QED) is 0.543. The van der Waals surface area contributed by atoms with Crippen LogP contribution in [0, 0.1) is 0 Å². The maximum absolute atomic E-state index is 11.9. The summed E-state index contributed by atoms with van der Waals surface area (Å²) in [5, 5.41) is 17.0. The Balaban J connectivity index is 4.41. The summed E-state index contributed by atoms with van der Waals surface area (Å²) in [6, 6.07) is 0. The van der Waals surface area contributed by atoms with E-state index in [2.05, 4.69) is 0 Å². The van der Waals surface area contributed by atoms with Crippen LogP contribution in [0.1, 0.15) is 0 Å². The molecule has 4 N–H and O–H groups in total. The van der Waals surface area contributed by atoms with Gasteiger partial charge in [0.1, 0.15) is 0 Å². The highest BCUT2D eigenvalue weighted by atomic mass is 19.4. The number of carbonyl (C=O) groups excluding carboxylic acids is 1. The molecule has 94 valence electrons. The Morgan fingerprint density at radius 3 is 2.12 bits per heavy atom. The van der Waals surface area contributed by atoms with Crippen molar-refractivity contribution in [1.29, 1.82) is 0 Å². The van der Waals surface area contributed by atoms with E-state index in [0.29, 0.717) is 4.90 Å². The van der Waals surface area contributed by atoms with Crippen molar-refractivity contribution in [3.05, 3.63) is 0 Å². The summed E-state index contributed by atoms with van der Waals surface area (Å²) in [6.45, 7) is -2.49. The topological polar surface area (TPSA) is 104 Å². The van der Waals surface area contributed by atoms with E-state index in [4.69, 9.17) is 15.9 Å². The number of hydrogen-bond acceptors (Lipinski definition) is 4. The Labute approximate surface area is 88.4 Å². The number of carboxylic acids is 1. The van der Waals surface area contributed by atoms with E-state index in [-0.39, 0.29) is 0 Å². The summed E-state index contributed by atoms with van der Waals surface area (Å²) in [5.74, 6) is -2.40. The first-order chi connectivity index (χ1) is 7.12. The summed E-state index contributed by atoms with van der Waals surface area (Å²) in [7, 11) is 0. The Kier molecular flexibility index (Phi) is 5.18. The second-order valence-corrected chi connectivity index (χ2v) is 3.09. The lowest BCUT2D eigenvalue weighted by Crippen LogP contribution is -2.46. The fraction of sp³-hybridized carbons (Fsp3) is 0.714. The molecule has 0 bridgehead atoms. The summed E-state index contributed by atoms with van der Waals surface area (Å²) < 4.78 is 35.8. The maximum atomic E-state index is 11.9. The number of aliphatic carboxylic acids is 1. The number of carbonyl (C=O) groups is 2. The smallest absolute Gasteiger partial charge is 0.415 e. The molecule has 9 heteroatoms. The molecule has 1 unspecified atom stereocenters. The fourth-order valence-electron chi connectivity index (χ4n) is 0.945. The summed E-state index contributed by atoms with van der Waals surface area (Å²) >= 11 is 0. The van der Waals surface area contributed by atoms with Crippen LogP contribution in [0.5, 0.6) is 0 Å². The zero-order valence-corrected chi connectivity index (χ0v) is 8.07. The van der Waals surface area contributed by atoms with Crippen LogP contribution in [0.4, 0.5) is 13.2 Å². The molecule has 0 rings (SSSR count). The lowest BCUT2D eigenvalue weighted by molar-refractivity contribution is -0.208. The number of rotatable bonds is 6. The van der Waals surface area contributed by atoms with Gasteiger partial charge >= 0.3 is 12.1 Å². The molecule has 0 aromatic rings. The molecule has 0 spiro atoms. The van der Waals surface area contributed by atoms with E-state index in [0.717, 1.165) is 0 Å². The minimum Gasteiger partial charge on any atom is -0.480 e. The zero-order valence-electron chi connectivity index (χ0n) is 8.07. The highest BCUT2D eigenvalue weighted by Gasteiger charge is 2.39. The maximum Gasteiger partial charge on any atom is 0.415 e. The zero-order chi connectivity index (χ0) is 12.9. The van der Waals surface area contributed by atoms with Gasteiger partial charge in [-0.2, -0.15) is 13.2 Å². The fourth-order valence-corrected chi connectivity index (χ4v) is 0.945. The Morgan fingerprint density at radius 1 is 1.31 bits per heavy atom. The molecule has 0 fully saturated rings. The van der Waals surface area contributed by atoms with Gasteiger partial charge in [0.15, 0.2) is 6.10 Å². The van der Waals surface area contributed by atoms with Crippen molar-refractivity contribution in [3.8, 4) is 0 Å². The van der Waals surface area contributed by atoms with Gasteiger partial charge in [-0.1, -0.05) is 0 Å². The van der Waals surface area contributed by atoms with Gasteiger partial charge in [0.2, 0.25) is 5.91 Å². The molecular weight excluding hydrogens is 233 g/mol. The van der Waals surface area contributed by atoms with E-state index in [9.17, 15) is 22.8 Å². The van der Waals surface area contributed by atoms with E-state index < -0.39 is 43.8 Å². The van der Waals surface area contributed by atoms with Crippen LogP contribution in [-0.4, -0.2) is 58.9 Å². The molecule has 0 aliphatic rings. The molecule has 0 saturated heterocycles. The normalized spacial score (nSPS) is 13.8. The molecule has 0 heterocycles. The van der Waals surface area contributed by atoms with Crippen LogP contribution in [-0.2, 0) is 9.59 Å². The average Bonchev–Trinajstić information content (AvgIpc) is 1.98. The van der Waals surface area contributed by atoms with Crippen LogP contribution >= 0.6 is 0 Å². The monoisotopic (exact) mass is 244 g/mol. The van der Waals surface area contributed by atoms with Crippen molar-refractivity contribution in [2.75, 3.05) is 19.6 Å². The number of amides is 1. The molecule has 0 aliphatic carbocycles. The summed E-state index contributed by atoms with van der Waals surface area (Å²) in [5.41, 5.74) is 4.72. The number of carboxylic acid groups (broad SMARTS) is 1. The van der Waals surface area contributed by atoms with Crippen molar-refractivity contribution in [2.45, 2.75) is 12.3 Å². The number of halogens is 3. The third-order valence-electron chi connectivity index (χ3n) is 1.55. The van der Waals surface area contributed by atoms with E-state index in [1.54, 1.807) is 0 Å². The summed E-state index contributed by atoms with van der Waals surface area (Å²) in [4.78, 5) is 21.3. The third-order valence-corrected chi connectivity index (χ3v) is 1.55. The largest absolute Gasteiger partial charge is 0.480 e. The molecule has 0 aliphatic heterocycles. The molecular formula is C7H11F3N2O4. The number of primary amides is 1. The van der Waals surface area contributed by atoms with Gasteiger partial charge in [-0.05, 0) is 0 Å². The molecule has 0 saturated carbocycles. The van der Waals surface area contributed by atoms with Gasteiger partial charge in [-0.25, -0.2) is 0 Å². The molecule has 16 heavy (non-hydrogen) atoms. The number of nitrogens with zero attached hydrogens (tertiary/aromatic N) is 1. The number of aliphatic hydroxyl groups is 1. The first-order valence-electron chi connectivity index (χ1n) is 4.10. The van der Waals surface area contributed by atoms with Crippen molar-refractivity contribution >= 4 is 11.9 Å². The van der Waals surface area contributed by atoms with Crippen LogP contribution < -0.4 is 5.73 Å². The van der Waals surface area contributed by atoms with E-state index >= 15 is 0 Å². The summed E-state index contributed by atoms with van der Waals surface area (Å²) in [6.07, 6.45) is -7.58. The lowest BCUT2D eigenvalue weighted by atomic mass is 10.3. The van der Waals surface area contributed by atoms with Crippen molar-refractivity contribution in [2.24, 2.45) is 5.73 Å². The van der Waals surface area contributed by atoms with Crippen molar-refractivity contribution in [1.82, 2.24) is 4.90 Å². The minimum atomic E-state index is -4.87. The predicted octanol–water partition coefficient (Wildman–Crippen LogP) is -1.22. The van der Waals surface area contributed by atoms with E-state index in [1.807, 2.05) is 0 Å². The third kappa shape index (κ3) is 6.19. The number of alkyl halides is 3. The van der Waals surface area contributed by atoms with Crippen molar-refractivity contribution < 1.29 is 33.0 Å². The minimum absolute atomic E-state index is 0.600. The molecule has 1 amide bonds. The van der Waals surface area contributed by atoms with Crippen LogP contribution in [0.25, 0.3) is 0 Å². The van der Waals surface area contributed by atoms with Crippen molar-refractivity contribution in [3.63, 3.8) is 0 Å². The van der Waals surface area contributed by atoms with Gasteiger partial charge in [-0.3, -0.25) is 14.5 Å². The standard InChI is InChI=1S/C7H11F3N2O4/c8-7(9,10)4(13)1-12(2-5(11)14)3-6(15)16/h4,13H,1-3H2,(H2,11,14)(H,15,16). The second kappa shape index (κ2) is 5.66. The Bertz CT molecular complexity index is 253. The van der Waals surface area contributed by atoms with Gasteiger partial charge in [-0.15, -0.1) is 0 Å². The van der Waals surface area contributed by atoms with Gasteiger partial charge in [0, 0.05) is 6.54 Å². The molecule has 0 aromatic carbocycles. The Morgan fingerprint density at radius 2 is 1.81 bits per heavy atom. The highest BCUT2D eigenvalue weighted by molar-refractivity contribution is 5.77. The van der Waals surface area contributed by atoms with Gasteiger partial charge in [0.25, 0.3) is 0 Å². The Hall–Kier alpha value is -1.35. The second-order valence-electron chi connectivity index (χ2n) is 3.09. The average molecular weight is 244 g/mol. The number of hydrogen-bond donors (Lipinski definition) is 3. The van der Waals surface area contributed by atoms with Gasteiger partial charge in [0.05, 0.1) is 13.1 Å². The highest BCUT2D eigenvalue weighted by Crippen LogP contribution is 2.20. The molecule has 0 aromatic heterocycles. The van der Waals surface area contributed by atoms with Gasteiger partial charge < -0.3 is 15.9 Å². The SMILES string of the molecule is NC(=O)CN(CC(=O)O)CC(O)C(F)(F)F. The number of aliphatic hydroxyl groups excluding tert-OH is 1. The van der Waals surface area contributed by atoms with Crippen LogP contribution in [0.15, 0.2) is 0 Å². The molecule has 6 nitrogen and oxygen atoms in total. The number of nitrogens with two attached hydrogens (primary N) is 1. The van der Waals surface area contributed by atoms with E-state index in [1.165, 1.54) is 0 Å². The first kappa shape index (κ1) is 14.6. The van der Waals surface area contributed by atoms with Crippen LogP contribution in [0.2, 0.25) is 0 Å². The first-order valence-corrected chi connectivity index (χ1v) is 4.10. The lowest BCUT2D eigenvalue weighted by Gasteiger charge is -2.23. The molecule has 0 radical (unpaired) electrons. The van der Waals surface area contributed by atoms with Crippen LogP contribution in [0.3, 0.4) is 0 Å². The predicted molar refractivity (Wildman–Crippen MR) is 45.3 cm³/mol.